The third kappa shape index (κ3) is 2.56. The van der Waals surface area contributed by atoms with Crippen LogP contribution in [0.4, 0.5) is 5.69 Å². The summed E-state index contributed by atoms with van der Waals surface area (Å²) < 4.78 is 0. The number of nitrogens with zero attached hydrogens (tertiary/aromatic N) is 1. The van der Waals surface area contributed by atoms with Crippen LogP contribution in [0.2, 0.25) is 5.02 Å². The van der Waals surface area contributed by atoms with Crippen LogP contribution >= 0.6 is 11.6 Å². The molecule has 1 fully saturated rings. The number of benzene rings is 1. The molecule has 1 unspecified atom stereocenters. The van der Waals surface area contributed by atoms with Crippen molar-refractivity contribution in [3.63, 3.8) is 0 Å². The van der Waals surface area contributed by atoms with Crippen LogP contribution in [0.3, 0.4) is 0 Å². The number of carbonyl (C=O) groups excluding carboxylic acids is 2. The molecule has 5 nitrogen and oxygen atoms in total. The van der Waals surface area contributed by atoms with Crippen LogP contribution in [-0.2, 0) is 9.59 Å². The van der Waals surface area contributed by atoms with Crippen molar-refractivity contribution in [1.82, 2.24) is 10.3 Å². The van der Waals surface area contributed by atoms with Crippen molar-refractivity contribution in [2.75, 3.05) is 11.9 Å². The smallest absolute Gasteiger partial charge is 0.229 e. The van der Waals surface area contributed by atoms with Crippen molar-refractivity contribution in [2.24, 2.45) is 5.92 Å². The van der Waals surface area contributed by atoms with E-state index in [1.807, 2.05) is 13.0 Å². The average molecular weight is 304 g/mol. The number of anilines is 1. The summed E-state index contributed by atoms with van der Waals surface area (Å²) in [5.41, 5.74) is 2.30. The van der Waals surface area contributed by atoms with Gasteiger partial charge in [-0.05, 0) is 30.7 Å². The minimum atomic E-state index is -0.360. The number of halogens is 1. The van der Waals surface area contributed by atoms with E-state index in [4.69, 9.17) is 11.6 Å². The van der Waals surface area contributed by atoms with Crippen molar-refractivity contribution < 1.29 is 9.59 Å². The number of carbonyl (C=O) groups is 2. The fourth-order valence-corrected chi connectivity index (χ4v) is 2.84. The van der Waals surface area contributed by atoms with E-state index in [-0.39, 0.29) is 24.2 Å². The Morgan fingerprint density at radius 2 is 2.33 bits per heavy atom. The van der Waals surface area contributed by atoms with Crippen LogP contribution in [0.1, 0.15) is 12.0 Å². The zero-order valence-corrected chi connectivity index (χ0v) is 12.2. The summed E-state index contributed by atoms with van der Waals surface area (Å²) in [6.07, 6.45) is 1.92. The van der Waals surface area contributed by atoms with Gasteiger partial charge in [-0.3, -0.25) is 14.6 Å². The number of amides is 2. The molecule has 2 amide bonds. The van der Waals surface area contributed by atoms with Gasteiger partial charge in [0, 0.05) is 24.5 Å². The van der Waals surface area contributed by atoms with Gasteiger partial charge in [0.1, 0.15) is 0 Å². The van der Waals surface area contributed by atoms with Crippen LogP contribution in [0, 0.1) is 12.8 Å². The molecule has 1 aliphatic heterocycles. The predicted molar refractivity (Wildman–Crippen MR) is 81.2 cm³/mol. The second kappa shape index (κ2) is 5.33. The lowest BCUT2D eigenvalue weighted by Gasteiger charge is -2.14. The maximum atomic E-state index is 12.3. The van der Waals surface area contributed by atoms with E-state index in [2.05, 4.69) is 15.6 Å². The summed E-state index contributed by atoms with van der Waals surface area (Å²) >= 11 is 6.26. The number of nitrogens with one attached hydrogen (secondary N) is 2. The Morgan fingerprint density at radius 3 is 3.05 bits per heavy atom. The Bertz CT molecular complexity index is 745. The molecule has 0 saturated carbocycles. The Morgan fingerprint density at radius 1 is 1.52 bits per heavy atom. The number of fused-ring (bicyclic) bond motifs is 1. The first-order chi connectivity index (χ1) is 10.1. The number of aromatic nitrogens is 1. The van der Waals surface area contributed by atoms with Crippen LogP contribution in [0.25, 0.3) is 10.9 Å². The quantitative estimate of drug-likeness (QED) is 0.894. The summed E-state index contributed by atoms with van der Waals surface area (Å²) in [5.74, 6) is -0.664. The van der Waals surface area contributed by atoms with Gasteiger partial charge < -0.3 is 10.6 Å². The molecule has 0 bridgehead atoms. The molecule has 6 heteroatoms. The van der Waals surface area contributed by atoms with E-state index in [1.54, 1.807) is 18.3 Å². The maximum Gasteiger partial charge on any atom is 0.229 e. The number of rotatable bonds is 2. The second-order valence-corrected chi connectivity index (χ2v) is 5.55. The summed E-state index contributed by atoms with van der Waals surface area (Å²) in [5, 5.41) is 6.76. The second-order valence-electron chi connectivity index (χ2n) is 5.14. The van der Waals surface area contributed by atoms with E-state index in [0.717, 1.165) is 16.5 Å². The molecule has 21 heavy (non-hydrogen) atoms. The van der Waals surface area contributed by atoms with Gasteiger partial charge in [0.2, 0.25) is 11.8 Å². The normalized spacial score (nSPS) is 17.8. The van der Waals surface area contributed by atoms with Gasteiger partial charge in [-0.25, -0.2) is 0 Å². The minimum absolute atomic E-state index is 0.100. The van der Waals surface area contributed by atoms with Crippen LogP contribution in [0.15, 0.2) is 24.4 Å². The Hall–Kier alpha value is -2.14. The predicted octanol–water partition coefficient (Wildman–Crippen LogP) is 2.27. The summed E-state index contributed by atoms with van der Waals surface area (Å²) in [7, 11) is 0. The van der Waals surface area contributed by atoms with Gasteiger partial charge in [0.05, 0.1) is 22.1 Å². The van der Waals surface area contributed by atoms with Gasteiger partial charge in [0.15, 0.2) is 0 Å². The molecule has 1 aromatic heterocycles. The van der Waals surface area contributed by atoms with Crippen molar-refractivity contribution in [1.29, 1.82) is 0 Å². The van der Waals surface area contributed by atoms with Crippen LogP contribution < -0.4 is 10.6 Å². The van der Waals surface area contributed by atoms with Crippen molar-refractivity contribution >= 4 is 40.0 Å². The molecule has 1 aromatic carbocycles. The Kier molecular flexibility index (Phi) is 3.51. The molecular formula is C15H14ClN3O2. The van der Waals surface area contributed by atoms with E-state index in [1.165, 1.54) is 0 Å². The van der Waals surface area contributed by atoms with Crippen LogP contribution in [0.5, 0.6) is 0 Å². The highest BCUT2D eigenvalue weighted by atomic mass is 35.5. The molecule has 1 saturated heterocycles. The highest BCUT2D eigenvalue weighted by Gasteiger charge is 2.28. The summed E-state index contributed by atoms with van der Waals surface area (Å²) in [4.78, 5) is 27.8. The van der Waals surface area contributed by atoms with Gasteiger partial charge >= 0.3 is 0 Å². The van der Waals surface area contributed by atoms with E-state index in [9.17, 15) is 9.59 Å². The average Bonchev–Trinajstić information content (AvgIpc) is 2.90. The highest BCUT2D eigenvalue weighted by molar-refractivity contribution is 6.35. The lowest BCUT2D eigenvalue weighted by atomic mass is 10.1. The first kappa shape index (κ1) is 13.8. The van der Waals surface area contributed by atoms with Gasteiger partial charge in [0.25, 0.3) is 0 Å². The standard InChI is InChI=1S/C15H14ClN3O2/c1-8-5-11(16)14(10-3-2-4-17-13(8)10)19-15(21)9-6-12(20)18-7-9/h2-5,9H,6-7H2,1H3,(H,18,20)(H,19,21). The number of pyridine rings is 1. The molecule has 2 heterocycles. The molecule has 2 aromatic rings. The maximum absolute atomic E-state index is 12.3. The van der Waals surface area contributed by atoms with E-state index < -0.39 is 0 Å². The molecule has 0 spiro atoms. The summed E-state index contributed by atoms with van der Waals surface area (Å²) in [6.45, 7) is 2.29. The highest BCUT2D eigenvalue weighted by Crippen LogP contribution is 2.33. The molecule has 3 rings (SSSR count). The number of hydrogen-bond acceptors (Lipinski definition) is 3. The molecule has 108 valence electrons. The van der Waals surface area contributed by atoms with Gasteiger partial charge in [-0.1, -0.05) is 11.6 Å². The fourth-order valence-electron chi connectivity index (χ4n) is 2.52. The van der Waals surface area contributed by atoms with Crippen molar-refractivity contribution in [2.45, 2.75) is 13.3 Å². The molecular weight excluding hydrogens is 290 g/mol. The molecule has 0 radical (unpaired) electrons. The Labute approximate surface area is 126 Å². The largest absolute Gasteiger partial charge is 0.355 e. The fraction of sp³-hybridized carbons (Fsp3) is 0.267. The molecule has 1 aliphatic rings. The SMILES string of the molecule is Cc1cc(Cl)c(NC(=O)C2CNC(=O)C2)c2cccnc12. The third-order valence-electron chi connectivity index (χ3n) is 3.63. The van der Waals surface area contributed by atoms with Crippen LogP contribution in [-0.4, -0.2) is 23.3 Å². The van der Waals surface area contributed by atoms with Gasteiger partial charge in [-0.15, -0.1) is 0 Å². The monoisotopic (exact) mass is 303 g/mol. The third-order valence-corrected chi connectivity index (χ3v) is 3.93. The zero-order chi connectivity index (χ0) is 15.0. The lowest BCUT2D eigenvalue weighted by molar-refractivity contribution is -0.123. The Balaban J connectivity index is 1.97. The first-order valence-corrected chi connectivity index (χ1v) is 7.05. The lowest BCUT2D eigenvalue weighted by Crippen LogP contribution is -2.25. The van der Waals surface area contributed by atoms with E-state index >= 15 is 0 Å². The topological polar surface area (TPSA) is 71.1 Å². The zero-order valence-electron chi connectivity index (χ0n) is 11.4. The minimum Gasteiger partial charge on any atom is -0.355 e. The van der Waals surface area contributed by atoms with Crippen molar-refractivity contribution in [3.05, 3.63) is 35.0 Å². The summed E-state index contributed by atoms with van der Waals surface area (Å²) in [6, 6.07) is 5.45. The number of aryl methyl sites for hydroxylation is 1. The first-order valence-electron chi connectivity index (χ1n) is 6.67. The number of hydrogen-bond donors (Lipinski definition) is 2. The molecule has 1 atom stereocenters. The van der Waals surface area contributed by atoms with Gasteiger partial charge in [-0.2, -0.15) is 0 Å². The van der Waals surface area contributed by atoms with Crippen molar-refractivity contribution in [3.8, 4) is 0 Å². The van der Waals surface area contributed by atoms with E-state index in [0.29, 0.717) is 17.3 Å². The molecule has 2 N–H and O–H groups in total. The molecule has 0 aliphatic carbocycles.